The molecule has 11 heteroatoms. The molecule has 0 saturated carbocycles. The van der Waals surface area contributed by atoms with Crippen LogP contribution in [0.3, 0.4) is 0 Å². The van der Waals surface area contributed by atoms with E-state index in [4.69, 9.17) is 22.1 Å². The van der Waals surface area contributed by atoms with Crippen molar-refractivity contribution < 1.29 is 23.4 Å². The van der Waals surface area contributed by atoms with Gasteiger partial charge in [0, 0.05) is 29.7 Å². The fraction of sp³-hybridized carbons (Fsp3) is 0.0417. The van der Waals surface area contributed by atoms with Crippen LogP contribution in [0.2, 0.25) is 5.02 Å². The molecule has 178 valence electrons. The molecule has 0 saturated heterocycles. The molecule has 0 aliphatic rings. The first-order valence-corrected chi connectivity index (χ1v) is 10.5. The molecule has 2 aromatic heterocycles. The van der Waals surface area contributed by atoms with Crippen molar-refractivity contribution in [1.29, 1.82) is 0 Å². The van der Waals surface area contributed by atoms with Gasteiger partial charge in [0.2, 0.25) is 0 Å². The van der Waals surface area contributed by atoms with Gasteiger partial charge in [-0.1, -0.05) is 11.6 Å². The van der Waals surface area contributed by atoms with Gasteiger partial charge in [-0.2, -0.15) is 0 Å². The third kappa shape index (κ3) is 4.98. The smallest absolute Gasteiger partial charge is 0.268 e. The molecule has 0 aliphatic carbocycles. The molecule has 0 atom stereocenters. The predicted molar refractivity (Wildman–Crippen MR) is 126 cm³/mol. The molecule has 0 radical (unpaired) electrons. The SMILES string of the molecule is Nc1nccc(Oc2ccc(NC(=O)c3ccc(CO)n(-c4ccc(F)cc4)c3=O)cc2F)c1Cl. The minimum Gasteiger partial charge on any atom is -0.453 e. The normalized spacial score (nSPS) is 10.7. The Labute approximate surface area is 202 Å². The number of pyridine rings is 2. The molecule has 2 aromatic carbocycles. The highest BCUT2D eigenvalue weighted by molar-refractivity contribution is 6.34. The number of aliphatic hydroxyl groups excluding tert-OH is 1. The van der Waals surface area contributed by atoms with Crippen molar-refractivity contribution in [2.75, 3.05) is 11.1 Å². The lowest BCUT2D eigenvalue weighted by Crippen LogP contribution is -2.30. The van der Waals surface area contributed by atoms with Crippen LogP contribution >= 0.6 is 11.6 Å². The summed E-state index contributed by atoms with van der Waals surface area (Å²) in [7, 11) is 0. The molecule has 0 fully saturated rings. The van der Waals surface area contributed by atoms with Crippen molar-refractivity contribution in [3.63, 3.8) is 0 Å². The lowest BCUT2D eigenvalue weighted by molar-refractivity contribution is 0.102. The predicted octanol–water partition coefficient (Wildman–Crippen LogP) is 4.28. The lowest BCUT2D eigenvalue weighted by Gasteiger charge is -2.14. The van der Waals surface area contributed by atoms with Gasteiger partial charge in [0.1, 0.15) is 22.2 Å². The van der Waals surface area contributed by atoms with E-state index in [0.717, 1.165) is 22.8 Å². The number of rotatable bonds is 6. The third-order valence-electron chi connectivity index (χ3n) is 4.94. The maximum absolute atomic E-state index is 14.6. The quantitative estimate of drug-likeness (QED) is 0.365. The standard InChI is InChI=1S/C24H17ClF2N4O4/c25-21-20(9-10-29-22(21)28)35-19-8-3-14(11-18(19)27)30-23(33)17-7-6-16(12-32)31(24(17)34)15-4-1-13(26)2-5-15/h1-11,32H,12H2,(H2,28,29)(H,30,33). The Hall–Kier alpha value is -4.28. The average Bonchev–Trinajstić information content (AvgIpc) is 2.84. The third-order valence-corrected chi connectivity index (χ3v) is 5.32. The number of ether oxygens (including phenoxy) is 1. The van der Waals surface area contributed by atoms with Crippen molar-refractivity contribution in [2.45, 2.75) is 6.61 Å². The number of aromatic nitrogens is 2. The summed E-state index contributed by atoms with van der Waals surface area (Å²) in [6, 6.07) is 12.7. The van der Waals surface area contributed by atoms with E-state index in [1.165, 1.54) is 48.7 Å². The van der Waals surface area contributed by atoms with Crippen molar-refractivity contribution in [2.24, 2.45) is 0 Å². The van der Waals surface area contributed by atoms with Crippen LogP contribution in [0.5, 0.6) is 11.5 Å². The summed E-state index contributed by atoms with van der Waals surface area (Å²) in [5.74, 6) is -2.19. The second kappa shape index (κ2) is 9.92. The fourth-order valence-electron chi connectivity index (χ4n) is 3.24. The van der Waals surface area contributed by atoms with E-state index in [1.54, 1.807) is 0 Å². The molecule has 0 aliphatic heterocycles. The minimum atomic E-state index is -0.812. The number of anilines is 2. The first-order valence-electron chi connectivity index (χ1n) is 10.1. The van der Waals surface area contributed by atoms with Crippen LogP contribution in [0, 0.1) is 11.6 Å². The van der Waals surface area contributed by atoms with Crippen LogP contribution in [0.15, 0.2) is 71.7 Å². The molecule has 0 bridgehead atoms. The first-order chi connectivity index (χ1) is 16.8. The Kier molecular flexibility index (Phi) is 6.76. The zero-order chi connectivity index (χ0) is 25.1. The number of benzene rings is 2. The van der Waals surface area contributed by atoms with E-state index in [2.05, 4.69) is 10.3 Å². The van der Waals surface area contributed by atoms with Crippen LogP contribution in [0.25, 0.3) is 5.69 Å². The summed E-state index contributed by atoms with van der Waals surface area (Å²) in [6.07, 6.45) is 1.35. The van der Waals surface area contributed by atoms with Gasteiger partial charge in [0.05, 0.1) is 12.3 Å². The highest BCUT2D eigenvalue weighted by atomic mass is 35.5. The van der Waals surface area contributed by atoms with Gasteiger partial charge < -0.3 is 20.9 Å². The van der Waals surface area contributed by atoms with Gasteiger partial charge in [-0.05, 0) is 48.5 Å². The van der Waals surface area contributed by atoms with E-state index >= 15 is 0 Å². The fourth-order valence-corrected chi connectivity index (χ4v) is 3.39. The van der Waals surface area contributed by atoms with Crippen molar-refractivity contribution >= 4 is 29.0 Å². The summed E-state index contributed by atoms with van der Waals surface area (Å²) >= 11 is 6.01. The molecular weight excluding hydrogens is 482 g/mol. The molecule has 4 aromatic rings. The number of aliphatic hydroxyl groups is 1. The zero-order valence-corrected chi connectivity index (χ0v) is 18.6. The van der Waals surface area contributed by atoms with E-state index in [1.807, 2.05) is 0 Å². The van der Waals surface area contributed by atoms with Crippen LogP contribution < -0.4 is 21.3 Å². The Morgan fingerprint density at radius 3 is 2.51 bits per heavy atom. The van der Waals surface area contributed by atoms with E-state index < -0.39 is 29.7 Å². The second-order valence-corrected chi connectivity index (χ2v) is 7.60. The van der Waals surface area contributed by atoms with Crippen LogP contribution in [0.4, 0.5) is 20.3 Å². The number of nitrogens with one attached hydrogen (secondary N) is 1. The number of amides is 1. The number of carbonyl (C=O) groups is 1. The van der Waals surface area contributed by atoms with Gasteiger partial charge in [-0.3, -0.25) is 14.2 Å². The molecule has 4 rings (SSSR count). The van der Waals surface area contributed by atoms with Gasteiger partial charge in [0.15, 0.2) is 17.3 Å². The zero-order valence-electron chi connectivity index (χ0n) is 17.8. The lowest BCUT2D eigenvalue weighted by atomic mass is 10.2. The Bertz CT molecular complexity index is 1480. The molecular formula is C24H17ClF2N4O4. The number of halogens is 3. The first kappa shape index (κ1) is 23.9. The van der Waals surface area contributed by atoms with Crippen molar-refractivity contribution in [1.82, 2.24) is 9.55 Å². The molecule has 35 heavy (non-hydrogen) atoms. The maximum Gasteiger partial charge on any atom is 0.268 e. The molecule has 4 N–H and O–H groups in total. The van der Waals surface area contributed by atoms with E-state index in [0.29, 0.717) is 0 Å². The van der Waals surface area contributed by atoms with Gasteiger partial charge in [-0.25, -0.2) is 13.8 Å². The number of hydrogen-bond donors (Lipinski definition) is 3. The number of carbonyl (C=O) groups excluding carboxylic acids is 1. The highest BCUT2D eigenvalue weighted by Gasteiger charge is 2.18. The Morgan fingerprint density at radius 1 is 1.09 bits per heavy atom. The number of hydrogen-bond acceptors (Lipinski definition) is 6. The van der Waals surface area contributed by atoms with Crippen LogP contribution in [-0.4, -0.2) is 20.6 Å². The second-order valence-electron chi connectivity index (χ2n) is 7.22. The van der Waals surface area contributed by atoms with Crippen molar-refractivity contribution in [3.8, 4) is 17.2 Å². The summed E-state index contributed by atoms with van der Waals surface area (Å²) in [4.78, 5) is 29.6. The highest BCUT2D eigenvalue weighted by Crippen LogP contribution is 2.33. The average molecular weight is 499 g/mol. The van der Waals surface area contributed by atoms with E-state index in [9.17, 15) is 23.5 Å². The molecule has 8 nitrogen and oxygen atoms in total. The maximum atomic E-state index is 14.6. The molecule has 0 unspecified atom stereocenters. The Balaban J connectivity index is 1.60. The summed E-state index contributed by atoms with van der Waals surface area (Å²) in [6.45, 7) is -0.492. The van der Waals surface area contributed by atoms with Crippen LogP contribution in [-0.2, 0) is 6.61 Å². The monoisotopic (exact) mass is 498 g/mol. The summed E-state index contributed by atoms with van der Waals surface area (Å²) in [5, 5.41) is 12.1. The van der Waals surface area contributed by atoms with E-state index in [-0.39, 0.29) is 45.0 Å². The number of nitrogen functional groups attached to an aromatic ring is 1. The summed E-state index contributed by atoms with van der Waals surface area (Å²) < 4.78 is 34.5. The molecule has 2 heterocycles. The Morgan fingerprint density at radius 2 is 1.83 bits per heavy atom. The summed E-state index contributed by atoms with van der Waals surface area (Å²) in [5.41, 5.74) is 5.11. The largest absolute Gasteiger partial charge is 0.453 e. The molecule has 1 amide bonds. The van der Waals surface area contributed by atoms with Crippen LogP contribution in [0.1, 0.15) is 16.1 Å². The topological polar surface area (TPSA) is 119 Å². The van der Waals surface area contributed by atoms with Gasteiger partial charge >= 0.3 is 0 Å². The number of nitrogens with zero attached hydrogens (tertiary/aromatic N) is 2. The molecule has 0 spiro atoms. The minimum absolute atomic E-state index is 0.0203. The van der Waals surface area contributed by atoms with Gasteiger partial charge in [-0.15, -0.1) is 0 Å². The van der Waals surface area contributed by atoms with Gasteiger partial charge in [0.25, 0.3) is 11.5 Å². The van der Waals surface area contributed by atoms with Crippen molar-refractivity contribution in [3.05, 3.63) is 105 Å². The number of nitrogens with two attached hydrogens (primary N) is 1.